The van der Waals surface area contributed by atoms with Crippen LogP contribution in [0.5, 0.6) is 0 Å². The smallest absolute Gasteiger partial charge is 0.104 e. The number of hydrogen-bond donors (Lipinski definition) is 0. The highest BCUT2D eigenvalue weighted by Crippen LogP contribution is 2.15. The second-order valence-electron chi connectivity index (χ2n) is 9.26. The van der Waals surface area contributed by atoms with Crippen molar-refractivity contribution in [2.24, 2.45) is 0 Å². The molecule has 0 spiro atoms. The average Bonchev–Trinajstić information content (AvgIpc) is 3.21. The molecule has 1 heteroatoms. The average molecular weight is 423 g/mol. The van der Waals surface area contributed by atoms with Crippen molar-refractivity contribution in [3.8, 4) is 0 Å². The first-order chi connectivity index (χ1) is 14.9. The van der Waals surface area contributed by atoms with Gasteiger partial charge in [-0.25, -0.2) is 0 Å². The molecule has 0 saturated carbocycles. The second kappa shape index (κ2) is 16.6. The number of rotatable bonds is 15. The van der Waals surface area contributed by atoms with Gasteiger partial charge in [-0.1, -0.05) is 58.2 Å². The molecule has 0 atom stereocenters. The summed E-state index contributed by atoms with van der Waals surface area (Å²) in [6.45, 7) is 13.4. The molecule has 0 radical (unpaired) electrons. The maximum atomic E-state index is 5.39. The van der Waals surface area contributed by atoms with Gasteiger partial charge in [0.2, 0.25) is 0 Å². The van der Waals surface area contributed by atoms with Crippen molar-refractivity contribution >= 4 is 0 Å². The Balaban J connectivity index is 2.19. The van der Waals surface area contributed by atoms with E-state index in [4.69, 9.17) is 4.42 Å². The Labute approximate surface area is 192 Å². The minimum Gasteiger partial charge on any atom is -0.469 e. The van der Waals surface area contributed by atoms with Crippen LogP contribution in [-0.4, -0.2) is 0 Å². The summed E-state index contributed by atoms with van der Waals surface area (Å²) in [5.41, 5.74) is 7.47. The Morgan fingerprint density at radius 2 is 1.03 bits per heavy atom. The summed E-state index contributed by atoms with van der Waals surface area (Å²) < 4.78 is 5.39. The second-order valence-corrected chi connectivity index (χ2v) is 9.26. The Bertz CT molecular complexity index is 746. The normalized spacial score (nSPS) is 13.6. The van der Waals surface area contributed by atoms with Gasteiger partial charge in [-0.15, -0.1) is 0 Å². The Kier molecular flexibility index (Phi) is 14.5. The topological polar surface area (TPSA) is 13.1 Å². The lowest BCUT2D eigenvalue weighted by molar-refractivity contribution is 0.510. The molecule has 1 rings (SSSR count). The minimum absolute atomic E-state index is 0.996. The third-order valence-electron chi connectivity index (χ3n) is 5.65. The third-order valence-corrected chi connectivity index (χ3v) is 5.65. The molecule has 0 aliphatic carbocycles. The van der Waals surface area contributed by atoms with Gasteiger partial charge in [-0.2, -0.15) is 0 Å². The fourth-order valence-electron chi connectivity index (χ4n) is 3.55. The van der Waals surface area contributed by atoms with Crippen LogP contribution in [0, 0.1) is 0 Å². The van der Waals surface area contributed by atoms with Gasteiger partial charge in [0.05, 0.1) is 6.26 Å². The summed E-state index contributed by atoms with van der Waals surface area (Å²) in [6, 6.07) is 4.01. The van der Waals surface area contributed by atoms with Gasteiger partial charge in [0.1, 0.15) is 5.76 Å². The molecule has 0 unspecified atom stereocenters. The fraction of sp³-hybridized carbons (Fsp3) is 0.533. The first kappa shape index (κ1) is 27.0. The van der Waals surface area contributed by atoms with Crippen molar-refractivity contribution in [2.75, 3.05) is 0 Å². The predicted octanol–water partition coefficient (Wildman–Crippen LogP) is 10.1. The molecule has 1 aromatic rings. The number of allylic oxidation sites excluding steroid dienone is 10. The highest BCUT2D eigenvalue weighted by Gasteiger charge is 1.96. The van der Waals surface area contributed by atoms with E-state index in [0.717, 1.165) is 37.9 Å². The Morgan fingerprint density at radius 3 is 1.42 bits per heavy atom. The molecule has 0 bridgehead atoms. The molecule has 1 heterocycles. The lowest BCUT2D eigenvalue weighted by Gasteiger charge is -2.03. The maximum absolute atomic E-state index is 5.39. The van der Waals surface area contributed by atoms with Gasteiger partial charge >= 0.3 is 0 Å². The molecule has 0 amide bonds. The van der Waals surface area contributed by atoms with Crippen LogP contribution in [-0.2, 0) is 6.42 Å². The number of furan rings is 1. The molecule has 0 saturated heterocycles. The molecule has 0 aromatic carbocycles. The maximum Gasteiger partial charge on any atom is 0.104 e. The molecule has 1 nitrogen and oxygen atoms in total. The highest BCUT2D eigenvalue weighted by atomic mass is 16.3. The minimum atomic E-state index is 0.996. The molecular weight excluding hydrogens is 376 g/mol. The summed E-state index contributed by atoms with van der Waals surface area (Å²) in [5, 5.41) is 0. The van der Waals surface area contributed by atoms with Crippen molar-refractivity contribution in [3.63, 3.8) is 0 Å². The van der Waals surface area contributed by atoms with Crippen LogP contribution in [0.3, 0.4) is 0 Å². The molecule has 0 fully saturated rings. The van der Waals surface area contributed by atoms with E-state index in [1.165, 1.54) is 60.0 Å². The fourth-order valence-corrected chi connectivity index (χ4v) is 3.55. The quantitative estimate of drug-likeness (QED) is 0.256. The van der Waals surface area contributed by atoms with Crippen molar-refractivity contribution in [1.82, 2.24) is 0 Å². The molecule has 31 heavy (non-hydrogen) atoms. The molecule has 172 valence electrons. The molecule has 0 aliphatic heterocycles. The van der Waals surface area contributed by atoms with E-state index in [-0.39, 0.29) is 0 Å². The number of hydrogen-bond acceptors (Lipinski definition) is 1. The van der Waals surface area contributed by atoms with Crippen LogP contribution in [0.15, 0.2) is 81.1 Å². The van der Waals surface area contributed by atoms with E-state index in [1.54, 1.807) is 6.26 Å². The van der Waals surface area contributed by atoms with Crippen LogP contribution in [0.4, 0.5) is 0 Å². The standard InChI is InChI=1S/C30H46O/c1-25(2)13-7-14-26(3)15-8-16-27(4)17-9-18-28(5)19-10-20-29(6)21-11-22-30-23-12-24-31-30/h12-13,15,17,19,21,23-24H,7-11,14,16,18,20,22H2,1-6H3/b26-15+,27-17+,28-19+,29-21+. The van der Waals surface area contributed by atoms with E-state index in [9.17, 15) is 0 Å². The zero-order valence-corrected chi connectivity index (χ0v) is 21.1. The van der Waals surface area contributed by atoms with Gasteiger partial charge in [0, 0.05) is 6.42 Å². The van der Waals surface area contributed by atoms with Crippen molar-refractivity contribution < 1.29 is 4.42 Å². The molecule has 0 N–H and O–H groups in total. The zero-order chi connectivity index (χ0) is 22.9. The van der Waals surface area contributed by atoms with Crippen LogP contribution in [0.25, 0.3) is 0 Å². The Morgan fingerprint density at radius 1 is 0.613 bits per heavy atom. The first-order valence-corrected chi connectivity index (χ1v) is 12.1. The van der Waals surface area contributed by atoms with Gasteiger partial charge in [-0.3, -0.25) is 0 Å². The third kappa shape index (κ3) is 15.4. The van der Waals surface area contributed by atoms with Gasteiger partial charge in [0.15, 0.2) is 0 Å². The largest absolute Gasteiger partial charge is 0.469 e. The van der Waals surface area contributed by atoms with E-state index in [2.05, 4.69) is 78.0 Å². The summed E-state index contributed by atoms with van der Waals surface area (Å²) >= 11 is 0. The predicted molar refractivity (Wildman–Crippen MR) is 138 cm³/mol. The van der Waals surface area contributed by atoms with Crippen molar-refractivity contribution in [2.45, 2.75) is 106 Å². The molecule has 1 aromatic heterocycles. The van der Waals surface area contributed by atoms with Crippen LogP contribution in [0.1, 0.15) is 105 Å². The van der Waals surface area contributed by atoms with Crippen LogP contribution >= 0.6 is 0 Å². The SMILES string of the molecule is CC(C)=CCC/C(C)=C/CC/C(C)=C/CC/C(C)=C/CC/C(C)=C/CCc1ccco1. The van der Waals surface area contributed by atoms with Crippen LogP contribution in [0.2, 0.25) is 0 Å². The summed E-state index contributed by atoms with van der Waals surface area (Å²) in [6.07, 6.45) is 25.1. The van der Waals surface area contributed by atoms with E-state index in [1.807, 2.05) is 6.07 Å². The van der Waals surface area contributed by atoms with Crippen molar-refractivity contribution in [1.29, 1.82) is 0 Å². The summed E-state index contributed by atoms with van der Waals surface area (Å²) in [4.78, 5) is 0. The van der Waals surface area contributed by atoms with E-state index >= 15 is 0 Å². The summed E-state index contributed by atoms with van der Waals surface area (Å²) in [5.74, 6) is 1.08. The highest BCUT2D eigenvalue weighted by molar-refractivity contribution is 5.08. The first-order valence-electron chi connectivity index (χ1n) is 12.1. The lowest BCUT2D eigenvalue weighted by atomic mass is 10.0. The van der Waals surface area contributed by atoms with E-state index < -0.39 is 0 Å². The lowest BCUT2D eigenvalue weighted by Crippen LogP contribution is -1.84. The van der Waals surface area contributed by atoms with Crippen LogP contribution < -0.4 is 0 Å². The van der Waals surface area contributed by atoms with Gasteiger partial charge in [-0.05, 0) is 111 Å². The van der Waals surface area contributed by atoms with Crippen molar-refractivity contribution in [3.05, 3.63) is 82.4 Å². The van der Waals surface area contributed by atoms with E-state index in [0.29, 0.717) is 0 Å². The van der Waals surface area contributed by atoms with Gasteiger partial charge < -0.3 is 4.42 Å². The zero-order valence-electron chi connectivity index (χ0n) is 21.1. The Hall–Kier alpha value is -2.02. The monoisotopic (exact) mass is 422 g/mol. The summed E-state index contributed by atoms with van der Waals surface area (Å²) in [7, 11) is 0. The molecular formula is C30H46O. The number of aryl methyl sites for hydroxylation is 1. The van der Waals surface area contributed by atoms with Gasteiger partial charge in [0.25, 0.3) is 0 Å². The molecule has 0 aliphatic rings.